The smallest absolute Gasteiger partial charge is 0.326 e. The van der Waals surface area contributed by atoms with Gasteiger partial charge in [-0.25, -0.2) is 24.4 Å². The van der Waals surface area contributed by atoms with Crippen LogP contribution < -0.4 is 10.6 Å². The molecule has 0 aliphatic heterocycles. The molecule has 7 N–H and O–H groups in total. The Morgan fingerprint density at radius 3 is 1.45 bits per heavy atom. The van der Waals surface area contributed by atoms with E-state index in [1.165, 1.54) is 33.9 Å². The quantitative estimate of drug-likeness (QED) is 0.0576. The second-order valence-electron chi connectivity index (χ2n) is 9.27. The van der Waals surface area contributed by atoms with Crippen molar-refractivity contribution in [3.05, 3.63) is 36.4 Å². The van der Waals surface area contributed by atoms with Crippen LogP contribution in [0.25, 0.3) is 0 Å². The third-order valence-electron chi connectivity index (χ3n) is 6.02. The number of imidazole rings is 2. The summed E-state index contributed by atoms with van der Waals surface area (Å²) in [7, 11) is 0. The van der Waals surface area contributed by atoms with E-state index in [2.05, 4.69) is 41.0 Å². The number of carbonyl (C=O) groups excluding carboxylic acids is 4. The summed E-state index contributed by atoms with van der Waals surface area (Å²) >= 11 is 0. The number of nitrogens with zero attached hydrogens (tertiary/aromatic N) is 5. The molecule has 0 unspecified atom stereocenters. The van der Waals surface area contributed by atoms with Crippen LogP contribution in [0.3, 0.4) is 0 Å². The molecule has 0 aliphatic carbocycles. The van der Waals surface area contributed by atoms with Crippen LogP contribution in [-0.2, 0) is 85.0 Å². The second kappa shape index (κ2) is 27.8. The standard InChI is InChI=1S/C24H33N7O11.3CO.Re/c32-19(33)5-4-16(23(40)41)28-24(42)27-15(22(38)39)3-1-2-8-29(11-17-25-6-9-30(17)13-20(34)35)12-18-26-7-10-31(18)14-21(36)37;3*1-2;/h6-7,9-10,15-16H,1-5,8,11-14H2,(H,32,33)(H,34,35)(H,36,37)(H,38,39)(H,40,41)(H2,27,28,42);;;;/q;3*-1;/t15-,16-;;;;/m0..../s1. The molecule has 270 valence electrons. The molecule has 0 aromatic carbocycles. The van der Waals surface area contributed by atoms with Gasteiger partial charge in [-0.15, -0.1) is 0 Å². The number of hydrogen-bond donors (Lipinski definition) is 7. The molecule has 0 spiro atoms. The number of aromatic nitrogens is 4. The van der Waals surface area contributed by atoms with Crippen LogP contribution >= 0.6 is 0 Å². The Morgan fingerprint density at radius 1 is 0.673 bits per heavy atom. The van der Waals surface area contributed by atoms with Gasteiger partial charge in [-0.1, -0.05) is 0 Å². The summed E-state index contributed by atoms with van der Waals surface area (Å²) in [5.41, 5.74) is 0. The molecular weight excluding hydrogens is 833 g/mol. The van der Waals surface area contributed by atoms with Gasteiger partial charge in [0.05, 0.1) is 13.1 Å². The van der Waals surface area contributed by atoms with E-state index >= 15 is 0 Å². The van der Waals surface area contributed by atoms with Gasteiger partial charge in [-0.3, -0.25) is 19.3 Å². The van der Waals surface area contributed by atoms with Gasteiger partial charge in [0.2, 0.25) is 0 Å². The fourth-order valence-corrected chi connectivity index (χ4v) is 4.00. The maximum atomic E-state index is 12.2. The van der Waals surface area contributed by atoms with Crippen LogP contribution in [-0.4, -0.2) is 124 Å². The van der Waals surface area contributed by atoms with Crippen molar-refractivity contribution in [2.45, 2.75) is 70.4 Å². The van der Waals surface area contributed by atoms with E-state index in [0.29, 0.717) is 31.0 Å². The second-order valence-corrected chi connectivity index (χ2v) is 9.27. The fraction of sp³-hybridized carbons (Fsp3) is 0.444. The Kier molecular flexibility index (Phi) is 27.2. The van der Waals surface area contributed by atoms with Gasteiger partial charge in [-0.2, -0.15) is 0 Å². The van der Waals surface area contributed by atoms with Crippen LogP contribution in [0.4, 0.5) is 4.79 Å². The average Bonchev–Trinajstić information content (AvgIpc) is 3.67. The summed E-state index contributed by atoms with van der Waals surface area (Å²) in [6.45, 7) is 13.6. The first-order valence-corrected chi connectivity index (χ1v) is 13.4. The number of carboxylic acids is 5. The van der Waals surface area contributed by atoms with Gasteiger partial charge < -0.3 is 80.1 Å². The predicted octanol–water partition coefficient (Wildman–Crippen LogP) is -1.70. The molecule has 0 bridgehead atoms. The maximum absolute atomic E-state index is 12.2. The van der Waals surface area contributed by atoms with Gasteiger partial charge in [0, 0.05) is 51.6 Å². The van der Waals surface area contributed by atoms with Gasteiger partial charge in [0.1, 0.15) is 36.8 Å². The number of nitrogens with one attached hydrogen (secondary N) is 2. The van der Waals surface area contributed by atoms with Crippen molar-refractivity contribution in [1.82, 2.24) is 34.6 Å². The Bertz CT molecular complexity index is 1260. The van der Waals surface area contributed by atoms with Crippen molar-refractivity contribution in [3.63, 3.8) is 0 Å². The molecule has 2 amide bonds. The molecule has 2 aromatic rings. The zero-order chi connectivity index (χ0) is 37.2. The first kappa shape index (κ1) is 48.1. The number of carbonyl (C=O) groups is 6. The van der Waals surface area contributed by atoms with Gasteiger partial charge in [0.15, 0.2) is 0 Å². The zero-order valence-corrected chi connectivity index (χ0v) is 28.3. The van der Waals surface area contributed by atoms with E-state index in [4.69, 9.17) is 29.7 Å². The van der Waals surface area contributed by atoms with Crippen LogP contribution in [0.1, 0.15) is 43.8 Å². The molecule has 2 heterocycles. The van der Waals surface area contributed by atoms with Gasteiger partial charge in [0.25, 0.3) is 0 Å². The van der Waals surface area contributed by atoms with E-state index < -0.39 is 54.4 Å². The first-order valence-electron chi connectivity index (χ1n) is 13.4. The minimum Gasteiger partial charge on any atom is -0.573 e. The van der Waals surface area contributed by atoms with E-state index in [-0.39, 0.29) is 59.4 Å². The van der Waals surface area contributed by atoms with Crippen molar-refractivity contribution in [3.8, 4) is 0 Å². The number of urea groups is 1. The van der Waals surface area contributed by atoms with E-state index in [1.54, 1.807) is 0 Å². The molecule has 2 aromatic heterocycles. The minimum absolute atomic E-state index is 0. The average molecular weight is 866 g/mol. The number of unbranched alkanes of at least 4 members (excludes halogenated alkanes) is 1. The summed E-state index contributed by atoms with van der Waals surface area (Å²) in [5.74, 6) is -5.33. The Hall–Kier alpha value is -5.33. The van der Waals surface area contributed by atoms with E-state index in [1.807, 2.05) is 4.90 Å². The molecule has 49 heavy (non-hydrogen) atoms. The SMILES string of the molecule is O=C(O)CC[C@H](NC(=O)N[C@@H](CCCCN(Cc1nccn1CC(=O)O)Cc1nccn1CC(=O)O)C(=O)O)C(=O)O.[C-]=O.[C-]=O.[C-]=O.[Re]. The first-order chi connectivity index (χ1) is 22.8. The molecule has 0 saturated carbocycles. The molecule has 2 atom stereocenters. The van der Waals surface area contributed by atoms with Gasteiger partial charge in [-0.05, 0) is 32.2 Å². The monoisotopic (exact) mass is 866 g/mol. The molecule has 0 aliphatic rings. The number of amides is 2. The van der Waals surface area contributed by atoms with Crippen LogP contribution in [0, 0.1) is 0 Å². The molecule has 4 radical (unpaired) electrons. The fourth-order valence-electron chi connectivity index (χ4n) is 4.00. The Morgan fingerprint density at radius 2 is 1.08 bits per heavy atom. The molecule has 21 nitrogen and oxygen atoms in total. The van der Waals surface area contributed by atoms with E-state index in [0.717, 1.165) is 0 Å². The molecular formula is C27H33N7O14Re-3. The zero-order valence-electron chi connectivity index (χ0n) is 25.6. The molecule has 0 saturated heterocycles. The van der Waals surface area contributed by atoms with Crippen LogP contribution in [0.15, 0.2) is 24.8 Å². The Labute approximate surface area is 293 Å². The number of rotatable bonds is 20. The number of hydrogen-bond acceptors (Lipinski definition) is 12. The minimum atomic E-state index is -1.52. The van der Waals surface area contributed by atoms with Crippen molar-refractivity contribution in [2.24, 2.45) is 0 Å². The van der Waals surface area contributed by atoms with Gasteiger partial charge >= 0.3 is 35.9 Å². The largest absolute Gasteiger partial charge is 0.573 e. The van der Waals surface area contributed by atoms with Crippen molar-refractivity contribution >= 4 is 56.2 Å². The molecule has 0 fully saturated rings. The third-order valence-corrected chi connectivity index (χ3v) is 6.02. The van der Waals surface area contributed by atoms with Crippen molar-refractivity contribution in [2.75, 3.05) is 6.54 Å². The normalized spacial score (nSPS) is 10.9. The summed E-state index contributed by atoms with van der Waals surface area (Å²) < 4.78 is 2.89. The van der Waals surface area contributed by atoms with Crippen molar-refractivity contribution in [1.29, 1.82) is 0 Å². The van der Waals surface area contributed by atoms with Crippen molar-refractivity contribution < 1.29 is 89.1 Å². The summed E-state index contributed by atoms with van der Waals surface area (Å²) in [6.07, 6.45) is 5.70. The summed E-state index contributed by atoms with van der Waals surface area (Å²) in [4.78, 5) is 101. The Balaban J connectivity index is -0.00000286. The van der Waals surface area contributed by atoms with Crippen LogP contribution in [0.2, 0.25) is 0 Å². The molecule has 22 heteroatoms. The maximum Gasteiger partial charge on any atom is 0.326 e. The van der Waals surface area contributed by atoms with Crippen LogP contribution in [0.5, 0.6) is 0 Å². The predicted molar refractivity (Wildman–Crippen MR) is 156 cm³/mol. The number of carboxylic acid groups (broad SMARTS) is 5. The summed E-state index contributed by atoms with van der Waals surface area (Å²) in [6, 6.07) is -3.96. The topological polar surface area (TPSA) is 318 Å². The molecule has 2 rings (SSSR count). The van der Waals surface area contributed by atoms with E-state index in [9.17, 15) is 39.0 Å². The summed E-state index contributed by atoms with van der Waals surface area (Å²) in [5, 5.41) is 50.0. The number of aliphatic carboxylic acids is 5. The third kappa shape index (κ3) is 20.5.